The lowest BCUT2D eigenvalue weighted by Gasteiger charge is -2.24. The Morgan fingerprint density at radius 1 is 1.25 bits per heavy atom. The molecule has 1 N–H and O–H groups in total. The number of fused-ring (bicyclic) bond motifs is 1. The van der Waals surface area contributed by atoms with Crippen molar-refractivity contribution < 1.29 is 0 Å². The topological polar surface area (TPSA) is 12.0 Å². The van der Waals surface area contributed by atoms with Gasteiger partial charge in [-0.05, 0) is 61.0 Å². The third kappa shape index (κ3) is 2.82. The SMILES string of the molecule is CCCNC(C1=CCCCC1)c1csc2ccccc12. The Bertz CT molecular complexity index is 596. The average Bonchev–Trinajstić information content (AvgIpc) is 2.93. The summed E-state index contributed by atoms with van der Waals surface area (Å²) in [5, 5.41) is 7.55. The molecule has 2 aromatic rings. The number of allylic oxidation sites excluding steroid dienone is 1. The minimum absolute atomic E-state index is 0.423. The lowest BCUT2D eigenvalue weighted by molar-refractivity contribution is 0.550. The number of hydrogen-bond acceptors (Lipinski definition) is 2. The number of nitrogens with one attached hydrogen (secondary N) is 1. The molecule has 1 aromatic carbocycles. The van der Waals surface area contributed by atoms with E-state index in [-0.39, 0.29) is 0 Å². The zero-order valence-electron chi connectivity index (χ0n) is 12.2. The highest BCUT2D eigenvalue weighted by Crippen LogP contribution is 2.36. The molecule has 106 valence electrons. The Kier molecular flexibility index (Phi) is 4.54. The number of thiophene rings is 1. The molecule has 0 spiro atoms. The summed E-state index contributed by atoms with van der Waals surface area (Å²) in [4.78, 5) is 0. The van der Waals surface area contributed by atoms with Crippen LogP contribution in [0.4, 0.5) is 0 Å². The molecule has 0 bridgehead atoms. The van der Waals surface area contributed by atoms with E-state index in [4.69, 9.17) is 0 Å². The second kappa shape index (κ2) is 6.55. The van der Waals surface area contributed by atoms with E-state index in [1.165, 1.54) is 47.8 Å². The predicted octanol–water partition coefficient (Wildman–Crippen LogP) is 5.44. The first-order valence-corrected chi connectivity index (χ1v) is 8.66. The highest BCUT2D eigenvalue weighted by Gasteiger charge is 2.20. The van der Waals surface area contributed by atoms with Gasteiger partial charge < -0.3 is 5.32 Å². The van der Waals surface area contributed by atoms with Crippen molar-refractivity contribution in [2.24, 2.45) is 0 Å². The van der Waals surface area contributed by atoms with Crippen LogP contribution >= 0.6 is 11.3 Å². The Labute approximate surface area is 125 Å². The fourth-order valence-corrected chi connectivity index (χ4v) is 4.06. The first-order chi connectivity index (χ1) is 9.90. The number of rotatable bonds is 5. The third-order valence-electron chi connectivity index (χ3n) is 4.12. The van der Waals surface area contributed by atoms with Crippen molar-refractivity contribution in [1.29, 1.82) is 0 Å². The van der Waals surface area contributed by atoms with Crippen LogP contribution in [0.5, 0.6) is 0 Å². The fraction of sp³-hybridized carbons (Fsp3) is 0.444. The first-order valence-electron chi connectivity index (χ1n) is 7.78. The first kappa shape index (κ1) is 13.8. The molecular formula is C18H23NS. The Balaban J connectivity index is 1.97. The van der Waals surface area contributed by atoms with Gasteiger partial charge in [0.2, 0.25) is 0 Å². The van der Waals surface area contributed by atoms with Gasteiger partial charge in [0.05, 0.1) is 6.04 Å². The molecular weight excluding hydrogens is 262 g/mol. The molecule has 1 aliphatic carbocycles. The van der Waals surface area contributed by atoms with Crippen LogP contribution in [0.25, 0.3) is 10.1 Å². The molecule has 20 heavy (non-hydrogen) atoms. The summed E-state index contributed by atoms with van der Waals surface area (Å²) in [6, 6.07) is 9.22. The minimum atomic E-state index is 0.423. The third-order valence-corrected chi connectivity index (χ3v) is 5.10. The van der Waals surface area contributed by atoms with Gasteiger partial charge in [-0.2, -0.15) is 0 Å². The van der Waals surface area contributed by atoms with Crippen LogP contribution in [-0.2, 0) is 0 Å². The van der Waals surface area contributed by atoms with Crippen molar-refractivity contribution in [2.45, 2.75) is 45.1 Å². The molecule has 1 atom stereocenters. The molecule has 0 amide bonds. The second-order valence-electron chi connectivity index (χ2n) is 5.60. The van der Waals surface area contributed by atoms with E-state index < -0.39 is 0 Å². The van der Waals surface area contributed by atoms with E-state index in [9.17, 15) is 0 Å². The van der Waals surface area contributed by atoms with Crippen LogP contribution < -0.4 is 5.32 Å². The molecule has 0 fully saturated rings. The molecule has 2 heteroatoms. The largest absolute Gasteiger partial charge is 0.306 e. The summed E-state index contributed by atoms with van der Waals surface area (Å²) >= 11 is 1.87. The summed E-state index contributed by atoms with van der Waals surface area (Å²) < 4.78 is 1.40. The molecule has 1 unspecified atom stereocenters. The lowest BCUT2D eigenvalue weighted by Crippen LogP contribution is -2.24. The molecule has 1 aromatic heterocycles. The number of benzene rings is 1. The van der Waals surface area contributed by atoms with Crippen molar-refractivity contribution in [1.82, 2.24) is 5.32 Å². The summed E-state index contributed by atoms with van der Waals surface area (Å²) in [5.74, 6) is 0. The highest BCUT2D eigenvalue weighted by molar-refractivity contribution is 7.17. The van der Waals surface area contributed by atoms with Crippen LogP contribution in [-0.4, -0.2) is 6.54 Å². The van der Waals surface area contributed by atoms with Gasteiger partial charge in [-0.1, -0.05) is 36.8 Å². The van der Waals surface area contributed by atoms with Crippen LogP contribution in [0.2, 0.25) is 0 Å². The monoisotopic (exact) mass is 285 g/mol. The highest BCUT2D eigenvalue weighted by atomic mass is 32.1. The predicted molar refractivity (Wildman–Crippen MR) is 89.4 cm³/mol. The molecule has 0 saturated heterocycles. The van der Waals surface area contributed by atoms with E-state index in [2.05, 4.69) is 48.0 Å². The maximum Gasteiger partial charge on any atom is 0.0550 e. The van der Waals surface area contributed by atoms with Gasteiger partial charge in [0.15, 0.2) is 0 Å². The van der Waals surface area contributed by atoms with Gasteiger partial charge in [-0.3, -0.25) is 0 Å². The zero-order chi connectivity index (χ0) is 13.8. The van der Waals surface area contributed by atoms with Crippen molar-refractivity contribution in [3.63, 3.8) is 0 Å². The van der Waals surface area contributed by atoms with Gasteiger partial charge >= 0.3 is 0 Å². The van der Waals surface area contributed by atoms with Gasteiger partial charge in [0.25, 0.3) is 0 Å². The van der Waals surface area contributed by atoms with E-state index >= 15 is 0 Å². The van der Waals surface area contributed by atoms with Gasteiger partial charge in [-0.15, -0.1) is 11.3 Å². The average molecular weight is 285 g/mol. The smallest absolute Gasteiger partial charge is 0.0550 e. The van der Waals surface area contributed by atoms with Crippen molar-refractivity contribution in [3.05, 3.63) is 46.9 Å². The Hall–Kier alpha value is -1.12. The number of hydrogen-bond donors (Lipinski definition) is 1. The summed E-state index contributed by atoms with van der Waals surface area (Å²) in [5.41, 5.74) is 3.08. The summed E-state index contributed by atoms with van der Waals surface area (Å²) in [6.45, 7) is 3.33. The van der Waals surface area contributed by atoms with Crippen LogP contribution in [0, 0.1) is 0 Å². The van der Waals surface area contributed by atoms with Crippen molar-refractivity contribution >= 4 is 21.4 Å². The van der Waals surface area contributed by atoms with Crippen molar-refractivity contribution in [2.75, 3.05) is 6.54 Å². The van der Waals surface area contributed by atoms with Crippen LogP contribution in [0.3, 0.4) is 0 Å². The molecule has 0 radical (unpaired) electrons. The van der Waals surface area contributed by atoms with E-state index in [0.717, 1.165) is 6.54 Å². The zero-order valence-corrected chi connectivity index (χ0v) is 13.0. The standard InChI is InChI=1S/C18H23NS/c1-2-12-19-18(14-8-4-3-5-9-14)16-13-20-17-11-7-6-10-15(16)17/h6-8,10-11,13,18-19H,2-5,9,12H2,1H3. The van der Waals surface area contributed by atoms with Gasteiger partial charge in [0.1, 0.15) is 0 Å². The molecule has 0 aliphatic heterocycles. The van der Waals surface area contributed by atoms with E-state index in [0.29, 0.717) is 6.04 Å². The quantitative estimate of drug-likeness (QED) is 0.721. The van der Waals surface area contributed by atoms with Gasteiger partial charge in [-0.25, -0.2) is 0 Å². The second-order valence-corrected chi connectivity index (χ2v) is 6.51. The normalized spacial score (nSPS) is 17.1. The summed E-state index contributed by atoms with van der Waals surface area (Å²) in [7, 11) is 0. The van der Waals surface area contributed by atoms with Crippen LogP contribution in [0.1, 0.15) is 50.6 Å². The Morgan fingerprint density at radius 3 is 2.95 bits per heavy atom. The minimum Gasteiger partial charge on any atom is -0.306 e. The van der Waals surface area contributed by atoms with E-state index in [1.54, 1.807) is 5.57 Å². The molecule has 1 aliphatic rings. The fourth-order valence-electron chi connectivity index (χ4n) is 3.08. The Morgan fingerprint density at radius 2 is 2.15 bits per heavy atom. The van der Waals surface area contributed by atoms with Crippen molar-refractivity contribution in [3.8, 4) is 0 Å². The molecule has 1 heterocycles. The molecule has 1 nitrogen and oxygen atoms in total. The lowest BCUT2D eigenvalue weighted by atomic mass is 9.89. The summed E-state index contributed by atoms with van der Waals surface area (Å²) in [6.07, 6.45) is 8.87. The van der Waals surface area contributed by atoms with Crippen LogP contribution in [0.15, 0.2) is 41.3 Å². The molecule has 0 saturated carbocycles. The molecule has 3 rings (SSSR count). The van der Waals surface area contributed by atoms with E-state index in [1.807, 2.05) is 11.3 Å². The maximum absolute atomic E-state index is 3.77. The maximum atomic E-state index is 3.77. The van der Waals surface area contributed by atoms with Gasteiger partial charge in [0, 0.05) is 4.70 Å².